The van der Waals surface area contributed by atoms with Crippen molar-refractivity contribution in [2.45, 2.75) is 66.2 Å². The van der Waals surface area contributed by atoms with Gasteiger partial charge < -0.3 is 15.2 Å². The maximum absolute atomic E-state index is 4.76. The van der Waals surface area contributed by atoms with E-state index in [1.807, 2.05) is 36.7 Å². The van der Waals surface area contributed by atoms with Gasteiger partial charge in [0.2, 0.25) is 0 Å². The van der Waals surface area contributed by atoms with Gasteiger partial charge >= 0.3 is 0 Å². The lowest BCUT2D eigenvalue weighted by molar-refractivity contribution is 0.173. The van der Waals surface area contributed by atoms with E-state index < -0.39 is 0 Å². The Hall–Kier alpha value is -1.68. The smallest absolute Gasteiger partial charge is 0.191 e. The highest BCUT2D eigenvalue weighted by Crippen LogP contribution is 2.05. The van der Waals surface area contributed by atoms with Gasteiger partial charge in [-0.25, -0.2) is 4.99 Å². The van der Waals surface area contributed by atoms with Crippen LogP contribution in [0.25, 0.3) is 0 Å². The van der Waals surface area contributed by atoms with E-state index in [-0.39, 0.29) is 24.0 Å². The van der Waals surface area contributed by atoms with E-state index in [9.17, 15) is 0 Å². The second-order valence-corrected chi connectivity index (χ2v) is 7.93. The van der Waals surface area contributed by atoms with Crippen LogP contribution in [0.1, 0.15) is 51.3 Å². The molecule has 2 aromatic rings. The molecule has 0 aliphatic rings. The van der Waals surface area contributed by atoms with Gasteiger partial charge in [0.15, 0.2) is 11.8 Å². The number of aryl methyl sites for hydroxylation is 1. The van der Waals surface area contributed by atoms with Crippen LogP contribution in [0.15, 0.2) is 35.3 Å². The zero-order valence-corrected chi connectivity index (χ0v) is 21.6. The predicted octanol–water partition coefficient (Wildman–Crippen LogP) is 3.49. The average molecular weight is 527 g/mol. The Morgan fingerprint density at radius 3 is 2.30 bits per heavy atom. The molecule has 0 spiro atoms. The molecule has 8 heteroatoms. The number of aliphatic imine (C=N–C) groups is 1. The lowest BCUT2D eigenvalue weighted by Crippen LogP contribution is -2.41. The Bertz CT molecular complexity index is 748. The summed E-state index contributed by atoms with van der Waals surface area (Å²) in [6, 6.07) is 11.4. The molecule has 7 nitrogen and oxygen atoms in total. The van der Waals surface area contributed by atoms with Crippen LogP contribution in [-0.4, -0.2) is 50.8 Å². The number of hydrogen-bond donors (Lipinski definition) is 2. The summed E-state index contributed by atoms with van der Waals surface area (Å²) in [5.41, 5.74) is 1.19. The summed E-state index contributed by atoms with van der Waals surface area (Å²) < 4.78 is 1.99. The summed E-state index contributed by atoms with van der Waals surface area (Å²) >= 11 is 0. The Morgan fingerprint density at radius 2 is 1.73 bits per heavy atom. The SMILES string of the molecule is Cc1nnc(CNC(=NCc2ccccc2)NCCCN(C(C)C)C(C)C)n1C.I. The summed E-state index contributed by atoms with van der Waals surface area (Å²) in [6.07, 6.45) is 1.06. The van der Waals surface area contributed by atoms with Crippen LogP contribution >= 0.6 is 24.0 Å². The molecule has 168 valence electrons. The third-order valence-electron chi connectivity index (χ3n) is 5.07. The number of nitrogens with zero attached hydrogens (tertiary/aromatic N) is 5. The molecule has 0 unspecified atom stereocenters. The summed E-state index contributed by atoms with van der Waals surface area (Å²) in [5.74, 6) is 2.60. The maximum Gasteiger partial charge on any atom is 0.191 e. The first kappa shape index (κ1) is 26.4. The van der Waals surface area contributed by atoms with E-state index in [2.05, 4.69) is 65.6 Å². The van der Waals surface area contributed by atoms with Crippen LogP contribution in [0.4, 0.5) is 0 Å². The minimum atomic E-state index is 0. The number of rotatable bonds is 10. The van der Waals surface area contributed by atoms with Crippen LogP contribution < -0.4 is 10.6 Å². The summed E-state index contributed by atoms with van der Waals surface area (Å²) in [7, 11) is 1.98. The number of benzene rings is 1. The summed E-state index contributed by atoms with van der Waals surface area (Å²) in [5, 5.41) is 15.2. The van der Waals surface area contributed by atoms with Crippen LogP contribution in [0.5, 0.6) is 0 Å². The van der Waals surface area contributed by atoms with Gasteiger partial charge in [-0.15, -0.1) is 34.2 Å². The first-order chi connectivity index (χ1) is 13.9. The van der Waals surface area contributed by atoms with E-state index in [0.29, 0.717) is 25.2 Å². The van der Waals surface area contributed by atoms with Gasteiger partial charge in [-0.05, 0) is 46.6 Å². The van der Waals surface area contributed by atoms with Crippen molar-refractivity contribution in [3.05, 3.63) is 47.5 Å². The van der Waals surface area contributed by atoms with Crippen LogP contribution in [0, 0.1) is 6.92 Å². The van der Waals surface area contributed by atoms with Crippen molar-refractivity contribution in [3.63, 3.8) is 0 Å². The van der Waals surface area contributed by atoms with Crippen molar-refractivity contribution < 1.29 is 0 Å². The topological polar surface area (TPSA) is 70.4 Å². The van der Waals surface area contributed by atoms with Crippen LogP contribution in [0.2, 0.25) is 0 Å². The standard InChI is InChI=1S/C22H37N7.HI/c1-17(2)29(18(3)4)14-10-13-23-22(24-15-20-11-8-7-9-12-20)25-16-21-27-26-19(5)28(21)6;/h7-9,11-12,17-18H,10,13-16H2,1-6H3,(H2,23,24,25);1H. The quantitative estimate of drug-likeness (QED) is 0.214. The Labute approximate surface area is 198 Å². The number of aromatic nitrogens is 3. The highest BCUT2D eigenvalue weighted by molar-refractivity contribution is 14.0. The van der Waals surface area contributed by atoms with E-state index in [1.165, 1.54) is 5.56 Å². The van der Waals surface area contributed by atoms with Gasteiger partial charge in [0.05, 0.1) is 13.1 Å². The fraction of sp³-hybridized carbons (Fsp3) is 0.591. The van der Waals surface area contributed by atoms with Crippen molar-refractivity contribution in [1.82, 2.24) is 30.3 Å². The van der Waals surface area contributed by atoms with Gasteiger partial charge in [0, 0.05) is 32.2 Å². The zero-order chi connectivity index (χ0) is 21.2. The number of halogens is 1. The van der Waals surface area contributed by atoms with E-state index in [0.717, 1.165) is 37.1 Å². The van der Waals surface area contributed by atoms with E-state index in [1.54, 1.807) is 0 Å². The molecule has 1 heterocycles. The highest BCUT2D eigenvalue weighted by atomic mass is 127. The molecule has 1 aromatic carbocycles. The molecule has 1 aromatic heterocycles. The molecule has 2 N–H and O–H groups in total. The van der Waals surface area contributed by atoms with Gasteiger partial charge in [-0.3, -0.25) is 4.90 Å². The molecule has 0 radical (unpaired) electrons. The normalized spacial score (nSPS) is 11.8. The van der Waals surface area contributed by atoms with E-state index in [4.69, 9.17) is 4.99 Å². The average Bonchev–Trinajstić information content (AvgIpc) is 3.01. The Morgan fingerprint density at radius 1 is 1.07 bits per heavy atom. The maximum atomic E-state index is 4.76. The minimum Gasteiger partial charge on any atom is -0.356 e. The van der Waals surface area contributed by atoms with Gasteiger partial charge in [-0.1, -0.05) is 30.3 Å². The first-order valence-electron chi connectivity index (χ1n) is 10.5. The fourth-order valence-electron chi connectivity index (χ4n) is 3.28. The van der Waals surface area contributed by atoms with Crippen molar-refractivity contribution in [2.24, 2.45) is 12.0 Å². The number of nitrogens with one attached hydrogen (secondary N) is 2. The van der Waals surface area contributed by atoms with E-state index >= 15 is 0 Å². The minimum absolute atomic E-state index is 0. The lowest BCUT2D eigenvalue weighted by atomic mass is 10.2. The summed E-state index contributed by atoms with van der Waals surface area (Å²) in [6.45, 7) is 14.1. The largest absolute Gasteiger partial charge is 0.356 e. The second kappa shape index (κ2) is 13.6. The molecule has 0 amide bonds. The molecule has 0 atom stereocenters. The van der Waals surface area contributed by atoms with Gasteiger partial charge in [0.25, 0.3) is 0 Å². The van der Waals surface area contributed by atoms with Crippen molar-refractivity contribution in [1.29, 1.82) is 0 Å². The highest BCUT2D eigenvalue weighted by Gasteiger charge is 2.12. The monoisotopic (exact) mass is 527 g/mol. The molecule has 0 aliphatic heterocycles. The third-order valence-corrected chi connectivity index (χ3v) is 5.07. The predicted molar refractivity (Wildman–Crippen MR) is 135 cm³/mol. The molecular weight excluding hydrogens is 489 g/mol. The second-order valence-electron chi connectivity index (χ2n) is 7.93. The molecule has 0 saturated heterocycles. The number of guanidine groups is 1. The van der Waals surface area contributed by atoms with Crippen LogP contribution in [-0.2, 0) is 20.1 Å². The summed E-state index contributed by atoms with van der Waals surface area (Å²) in [4.78, 5) is 7.27. The first-order valence-corrected chi connectivity index (χ1v) is 10.5. The van der Waals surface area contributed by atoms with Crippen molar-refractivity contribution in [2.75, 3.05) is 13.1 Å². The van der Waals surface area contributed by atoms with Crippen molar-refractivity contribution >= 4 is 29.9 Å². The molecule has 0 bridgehead atoms. The molecule has 0 saturated carbocycles. The molecular formula is C22H38IN7. The molecule has 0 fully saturated rings. The third kappa shape index (κ3) is 8.59. The van der Waals surface area contributed by atoms with Crippen molar-refractivity contribution in [3.8, 4) is 0 Å². The molecule has 30 heavy (non-hydrogen) atoms. The molecule has 2 rings (SSSR count). The lowest BCUT2D eigenvalue weighted by Gasteiger charge is -2.30. The fourth-order valence-corrected chi connectivity index (χ4v) is 3.28. The van der Waals surface area contributed by atoms with Gasteiger partial charge in [0.1, 0.15) is 5.82 Å². The Balaban J connectivity index is 0.00000450. The number of hydrogen-bond acceptors (Lipinski definition) is 4. The van der Waals surface area contributed by atoms with Gasteiger partial charge in [-0.2, -0.15) is 0 Å². The Kier molecular flexibility index (Phi) is 11.9. The zero-order valence-electron chi connectivity index (χ0n) is 19.2. The van der Waals surface area contributed by atoms with Crippen LogP contribution in [0.3, 0.4) is 0 Å². The molecule has 0 aliphatic carbocycles.